The van der Waals surface area contributed by atoms with Crippen molar-refractivity contribution in [2.75, 3.05) is 33.1 Å². The minimum absolute atomic E-state index is 0.0355. The first kappa shape index (κ1) is 29.2. The molecule has 1 saturated heterocycles. The summed E-state index contributed by atoms with van der Waals surface area (Å²) < 4.78 is 11.0. The molecule has 2 aliphatic rings. The van der Waals surface area contributed by atoms with E-state index >= 15 is 0 Å². The van der Waals surface area contributed by atoms with Crippen molar-refractivity contribution < 1.29 is 14.3 Å². The predicted molar refractivity (Wildman–Crippen MR) is 162 cm³/mol. The van der Waals surface area contributed by atoms with Gasteiger partial charge >= 0.3 is 5.97 Å². The Kier molecular flexibility index (Phi) is 9.78. The van der Waals surface area contributed by atoms with Crippen LogP contribution in [0.15, 0.2) is 72.8 Å². The Balaban J connectivity index is 0.000000195. The minimum Gasteiger partial charge on any atom is -0.426 e. The first-order valence-electron chi connectivity index (χ1n) is 14.0. The number of ether oxygens (including phenoxy) is 2. The maximum absolute atomic E-state index is 12.5. The molecule has 2 atom stereocenters. The van der Waals surface area contributed by atoms with E-state index in [-0.39, 0.29) is 17.8 Å². The third-order valence-corrected chi connectivity index (χ3v) is 8.79. The van der Waals surface area contributed by atoms with Crippen LogP contribution in [0.2, 0.25) is 19.6 Å². The fourth-order valence-electron chi connectivity index (χ4n) is 5.81. The van der Waals surface area contributed by atoms with Gasteiger partial charge in [-0.15, -0.1) is 0 Å². The second-order valence-corrected chi connectivity index (χ2v) is 17.6. The number of fused-ring (bicyclic) bond motifs is 3. The lowest BCUT2D eigenvalue weighted by Gasteiger charge is -2.28. The summed E-state index contributed by atoms with van der Waals surface area (Å²) in [5.41, 5.74) is 6.18. The average molecular weight is 545 g/mol. The molecule has 0 bridgehead atoms. The van der Waals surface area contributed by atoms with Gasteiger partial charge in [-0.3, -0.25) is 14.6 Å². The van der Waals surface area contributed by atoms with Crippen molar-refractivity contribution in [3.63, 3.8) is 0 Å². The molecule has 2 aliphatic heterocycles. The lowest BCUT2D eigenvalue weighted by Crippen LogP contribution is -2.40. The van der Waals surface area contributed by atoms with Crippen molar-refractivity contribution in [2.45, 2.75) is 52.5 Å². The number of carbonyl (C=O) groups is 1. The number of nitrogens with zero attached hydrogens (tertiary/aromatic N) is 2. The molecule has 5 nitrogen and oxygen atoms in total. The van der Waals surface area contributed by atoms with Gasteiger partial charge < -0.3 is 9.47 Å². The summed E-state index contributed by atoms with van der Waals surface area (Å²) >= 11 is 0. The van der Waals surface area contributed by atoms with Gasteiger partial charge in [0.05, 0.1) is 20.7 Å². The van der Waals surface area contributed by atoms with Crippen molar-refractivity contribution in [1.82, 2.24) is 9.80 Å². The van der Waals surface area contributed by atoms with Gasteiger partial charge in [0.2, 0.25) is 0 Å². The molecule has 39 heavy (non-hydrogen) atoms. The summed E-state index contributed by atoms with van der Waals surface area (Å²) in [7, 11) is 0.701. The number of hydrogen-bond acceptors (Lipinski definition) is 5. The zero-order chi connectivity index (χ0) is 28.0. The first-order chi connectivity index (χ1) is 18.6. The van der Waals surface area contributed by atoms with Gasteiger partial charge in [0.25, 0.3) is 0 Å². The van der Waals surface area contributed by atoms with Crippen LogP contribution in [0.4, 0.5) is 0 Å². The van der Waals surface area contributed by atoms with Gasteiger partial charge in [0.15, 0.2) is 0 Å². The van der Waals surface area contributed by atoms with Crippen molar-refractivity contribution in [3.8, 4) is 5.75 Å². The fourth-order valence-corrected chi connectivity index (χ4v) is 7.35. The Morgan fingerprint density at radius 3 is 2.08 bits per heavy atom. The highest BCUT2D eigenvalue weighted by Crippen LogP contribution is 2.45. The summed E-state index contributed by atoms with van der Waals surface area (Å²) in [5, 5.41) is 0. The molecule has 6 heteroatoms. The number of hydrogen-bond donors (Lipinski definition) is 0. The quantitative estimate of drug-likeness (QED) is 0.142. The molecular formula is C33H44N2O3Si. The third-order valence-electron chi connectivity index (χ3n) is 7.39. The Morgan fingerprint density at radius 1 is 0.872 bits per heavy atom. The molecule has 0 N–H and O–H groups in total. The van der Waals surface area contributed by atoms with Crippen LogP contribution in [-0.4, -0.2) is 56.9 Å². The highest BCUT2D eigenvalue weighted by Gasteiger charge is 2.45. The highest BCUT2D eigenvalue weighted by molar-refractivity contribution is 6.76. The van der Waals surface area contributed by atoms with E-state index in [1.807, 2.05) is 19.1 Å². The summed E-state index contributed by atoms with van der Waals surface area (Å²) in [4.78, 5) is 17.2. The van der Waals surface area contributed by atoms with Crippen molar-refractivity contribution in [3.05, 3.63) is 101 Å². The summed E-state index contributed by atoms with van der Waals surface area (Å²) in [6.07, 6.45) is 1.18. The summed E-state index contributed by atoms with van der Waals surface area (Å²) in [5.74, 6) is 0.964. The number of likely N-dealkylation sites (tertiary alicyclic amines) is 1. The number of carbonyl (C=O) groups excluding carboxylic acids is 1. The van der Waals surface area contributed by atoms with Gasteiger partial charge in [-0.05, 0) is 42.3 Å². The number of benzene rings is 3. The van der Waals surface area contributed by atoms with Crippen molar-refractivity contribution >= 4 is 14.0 Å². The van der Waals surface area contributed by atoms with Crippen LogP contribution in [0.25, 0.3) is 0 Å². The van der Waals surface area contributed by atoms with Gasteiger partial charge in [-0.25, -0.2) is 0 Å². The summed E-state index contributed by atoms with van der Waals surface area (Å²) in [6.45, 7) is 15.6. The Labute approximate surface area is 235 Å². The largest absolute Gasteiger partial charge is 0.426 e. The van der Waals surface area contributed by atoms with Gasteiger partial charge in [-0.2, -0.15) is 0 Å². The summed E-state index contributed by atoms with van der Waals surface area (Å²) in [6, 6.07) is 25.2. The molecule has 3 aromatic carbocycles. The van der Waals surface area contributed by atoms with Crippen LogP contribution in [0, 0.1) is 19.8 Å². The lowest BCUT2D eigenvalue weighted by atomic mass is 9.83. The van der Waals surface area contributed by atoms with Crippen LogP contribution in [0.5, 0.6) is 5.75 Å². The van der Waals surface area contributed by atoms with Crippen LogP contribution >= 0.6 is 0 Å². The number of methoxy groups -OCH3 is 1. The smallest absolute Gasteiger partial charge is 0.316 e. The highest BCUT2D eigenvalue weighted by atomic mass is 28.3. The van der Waals surface area contributed by atoms with Crippen LogP contribution in [0.1, 0.15) is 33.7 Å². The van der Waals surface area contributed by atoms with Crippen molar-refractivity contribution in [2.24, 2.45) is 5.92 Å². The first-order valence-corrected chi connectivity index (χ1v) is 17.7. The van der Waals surface area contributed by atoms with E-state index in [0.717, 1.165) is 44.2 Å². The SMILES string of the molecule is COCN(Cc1ccccc1)C[Si](C)(C)C.Cc1ccc(C)c2c1OC(=O)C1CN(Cc3ccccc3)CC21. The molecule has 1 fully saturated rings. The van der Waals surface area contributed by atoms with Crippen molar-refractivity contribution in [1.29, 1.82) is 0 Å². The van der Waals surface area contributed by atoms with E-state index in [9.17, 15) is 4.79 Å². The second-order valence-electron chi connectivity index (χ2n) is 12.2. The van der Waals surface area contributed by atoms with Crippen LogP contribution in [-0.2, 0) is 22.6 Å². The Bertz CT molecular complexity index is 1230. The zero-order valence-corrected chi connectivity index (χ0v) is 25.4. The van der Waals surface area contributed by atoms with E-state index in [1.165, 1.54) is 28.4 Å². The number of aryl methyl sites for hydroxylation is 2. The molecule has 0 radical (unpaired) electrons. The molecule has 0 amide bonds. The number of rotatable bonds is 8. The monoisotopic (exact) mass is 544 g/mol. The van der Waals surface area contributed by atoms with E-state index in [2.05, 4.69) is 97.0 Å². The topological polar surface area (TPSA) is 42.0 Å². The van der Waals surface area contributed by atoms with E-state index in [4.69, 9.17) is 9.47 Å². The second kappa shape index (κ2) is 13.1. The van der Waals surface area contributed by atoms with Crippen LogP contribution in [0.3, 0.4) is 0 Å². The van der Waals surface area contributed by atoms with E-state index in [0.29, 0.717) is 0 Å². The molecular weight excluding hydrogens is 500 g/mol. The lowest BCUT2D eigenvalue weighted by molar-refractivity contribution is -0.140. The Morgan fingerprint density at radius 2 is 1.46 bits per heavy atom. The predicted octanol–water partition coefficient (Wildman–Crippen LogP) is 6.41. The fraction of sp³-hybridized carbons (Fsp3) is 0.424. The molecule has 0 saturated carbocycles. The molecule has 3 aromatic rings. The number of esters is 1. The molecule has 2 heterocycles. The normalized spacial score (nSPS) is 18.7. The molecule has 208 valence electrons. The van der Waals surface area contributed by atoms with Gasteiger partial charge in [-0.1, -0.05) is 92.4 Å². The maximum atomic E-state index is 12.5. The zero-order valence-electron chi connectivity index (χ0n) is 24.4. The van der Waals surface area contributed by atoms with E-state index < -0.39 is 8.07 Å². The van der Waals surface area contributed by atoms with Gasteiger partial charge in [0, 0.05) is 44.8 Å². The van der Waals surface area contributed by atoms with Crippen LogP contribution < -0.4 is 4.74 Å². The molecule has 0 aliphatic carbocycles. The maximum Gasteiger partial charge on any atom is 0.316 e. The standard InChI is InChI=1S/C20H21NO2.C13H23NOSi/c1-13-8-9-14(2)19-18(13)16-11-21(12-17(16)20(22)23-19)10-15-6-4-3-5-7-15;1-15-11-14(12-16(2,3)4)10-13-8-6-5-7-9-13/h3-9,16-17H,10-12H2,1-2H3;5-9H,10-12H2,1-4H3. The minimum atomic E-state index is -1.07. The average Bonchev–Trinajstić information content (AvgIpc) is 3.31. The molecule has 2 unspecified atom stereocenters. The molecule has 0 aromatic heterocycles. The van der Waals surface area contributed by atoms with E-state index in [1.54, 1.807) is 7.11 Å². The molecule has 5 rings (SSSR count). The van der Waals surface area contributed by atoms with Gasteiger partial charge in [0.1, 0.15) is 5.75 Å². The third kappa shape index (κ3) is 7.89. The Hall–Kier alpha value is -2.77. The molecule has 0 spiro atoms.